The molecule has 0 unspecified atom stereocenters. The molecule has 0 aliphatic heterocycles. The Bertz CT molecular complexity index is 481. The van der Waals surface area contributed by atoms with Crippen molar-refractivity contribution in [2.24, 2.45) is 5.16 Å². The lowest BCUT2D eigenvalue weighted by molar-refractivity contribution is -0.486. The first-order valence-electron chi connectivity index (χ1n) is 4.16. The van der Waals surface area contributed by atoms with Crippen LogP contribution in [0.5, 0.6) is 0 Å². The number of carbonyl (C=O) groups is 1. The van der Waals surface area contributed by atoms with Gasteiger partial charge in [0.1, 0.15) is 0 Å². The molecule has 0 amide bonds. The Hall–Kier alpha value is -2.24. The van der Waals surface area contributed by atoms with E-state index in [1.54, 1.807) is 12.1 Å². The van der Waals surface area contributed by atoms with E-state index in [4.69, 9.17) is 5.21 Å². The average Bonchev–Trinajstić information content (AvgIpc) is 2.52. The van der Waals surface area contributed by atoms with Gasteiger partial charge in [0.15, 0.2) is 5.71 Å². The molecule has 0 saturated carbocycles. The predicted octanol–water partition coefficient (Wildman–Crippen LogP) is 0.706. The Labute approximate surface area is 84.0 Å². The Kier molecular flexibility index (Phi) is 1.96. The van der Waals surface area contributed by atoms with E-state index in [2.05, 4.69) is 5.16 Å². The lowest BCUT2D eigenvalue weighted by Crippen LogP contribution is -2.31. The molecule has 6 nitrogen and oxygen atoms in total. The maximum absolute atomic E-state index is 11.6. The largest absolute Gasteiger partial charge is 0.410 e. The number of benzene rings is 1. The van der Waals surface area contributed by atoms with Crippen molar-refractivity contribution >= 4 is 11.5 Å². The van der Waals surface area contributed by atoms with E-state index in [9.17, 15) is 14.9 Å². The topological polar surface area (TPSA) is 92.8 Å². The number of hydrogen-bond donors (Lipinski definition) is 1. The number of carbonyl (C=O) groups excluding carboxylic acids is 1. The molecule has 0 spiro atoms. The third-order valence-electron chi connectivity index (χ3n) is 2.29. The van der Waals surface area contributed by atoms with Crippen LogP contribution in [0, 0.1) is 10.1 Å². The van der Waals surface area contributed by atoms with E-state index in [1.807, 2.05) is 0 Å². The van der Waals surface area contributed by atoms with Gasteiger partial charge in [-0.15, -0.1) is 0 Å². The van der Waals surface area contributed by atoms with Crippen molar-refractivity contribution in [1.29, 1.82) is 0 Å². The van der Waals surface area contributed by atoms with Crippen LogP contribution in [0.15, 0.2) is 29.4 Å². The van der Waals surface area contributed by atoms with Crippen molar-refractivity contribution in [3.05, 3.63) is 45.5 Å². The maximum Gasteiger partial charge on any atom is 0.320 e. The van der Waals surface area contributed by atoms with Gasteiger partial charge >= 0.3 is 6.04 Å². The first-order valence-corrected chi connectivity index (χ1v) is 4.16. The molecule has 0 aromatic heterocycles. The number of fused-ring (bicyclic) bond motifs is 1. The SMILES string of the molecule is O=C1c2ccccc2/C(=N\O)[C@H]1[N+](=O)[O-]. The molecule has 0 heterocycles. The zero-order chi connectivity index (χ0) is 11.0. The highest BCUT2D eigenvalue weighted by molar-refractivity contribution is 6.30. The van der Waals surface area contributed by atoms with Crippen LogP contribution in [0.2, 0.25) is 0 Å². The second-order valence-electron chi connectivity index (χ2n) is 3.08. The monoisotopic (exact) mass is 206 g/mol. The summed E-state index contributed by atoms with van der Waals surface area (Å²) in [5.74, 6) is -0.636. The average molecular weight is 206 g/mol. The molecule has 6 heteroatoms. The molecule has 0 saturated heterocycles. The number of Topliss-reactive ketones (excluding diaryl/α,β-unsaturated/α-hetero) is 1. The van der Waals surface area contributed by atoms with Crippen molar-refractivity contribution < 1.29 is 14.9 Å². The highest BCUT2D eigenvalue weighted by atomic mass is 16.6. The summed E-state index contributed by atoms with van der Waals surface area (Å²) < 4.78 is 0. The molecule has 1 N–H and O–H groups in total. The fourth-order valence-corrected chi connectivity index (χ4v) is 1.64. The number of nitrogens with zero attached hydrogens (tertiary/aromatic N) is 2. The van der Waals surface area contributed by atoms with Crippen molar-refractivity contribution in [2.45, 2.75) is 6.04 Å². The lowest BCUT2D eigenvalue weighted by Gasteiger charge is -1.98. The number of rotatable bonds is 1. The van der Waals surface area contributed by atoms with E-state index in [1.165, 1.54) is 12.1 Å². The van der Waals surface area contributed by atoms with Gasteiger partial charge in [-0.25, -0.2) is 0 Å². The van der Waals surface area contributed by atoms with E-state index >= 15 is 0 Å². The first-order chi connectivity index (χ1) is 7.16. The molecule has 1 aromatic rings. The molecule has 1 aromatic carbocycles. The zero-order valence-corrected chi connectivity index (χ0v) is 7.45. The van der Waals surface area contributed by atoms with Gasteiger partial charge in [-0.05, 0) is 0 Å². The van der Waals surface area contributed by atoms with Gasteiger partial charge in [-0.3, -0.25) is 14.9 Å². The summed E-state index contributed by atoms with van der Waals surface area (Å²) in [6.45, 7) is 0. The van der Waals surface area contributed by atoms with Crippen molar-refractivity contribution in [3.8, 4) is 0 Å². The Morgan fingerprint density at radius 2 is 1.93 bits per heavy atom. The number of oxime groups is 1. The van der Waals surface area contributed by atoms with Crippen molar-refractivity contribution in [2.75, 3.05) is 0 Å². The lowest BCUT2D eigenvalue weighted by atomic mass is 10.1. The molecule has 1 aliphatic carbocycles. The highest BCUT2D eigenvalue weighted by Crippen LogP contribution is 2.24. The van der Waals surface area contributed by atoms with Crippen LogP contribution in [0.1, 0.15) is 15.9 Å². The minimum Gasteiger partial charge on any atom is -0.410 e. The number of ketones is 1. The van der Waals surface area contributed by atoms with E-state index < -0.39 is 16.7 Å². The summed E-state index contributed by atoms with van der Waals surface area (Å²) in [6.07, 6.45) is 0. The Morgan fingerprint density at radius 3 is 2.47 bits per heavy atom. The molecule has 1 atom stereocenters. The minimum atomic E-state index is -1.58. The van der Waals surface area contributed by atoms with Crippen LogP contribution in [-0.4, -0.2) is 27.7 Å². The van der Waals surface area contributed by atoms with Gasteiger partial charge in [0.2, 0.25) is 5.78 Å². The van der Waals surface area contributed by atoms with Gasteiger partial charge in [-0.2, -0.15) is 0 Å². The maximum atomic E-state index is 11.6. The fraction of sp³-hybridized carbons (Fsp3) is 0.111. The van der Waals surface area contributed by atoms with E-state index in [0.717, 1.165) is 0 Å². The summed E-state index contributed by atoms with van der Waals surface area (Å²) in [6, 6.07) is 4.65. The van der Waals surface area contributed by atoms with Crippen LogP contribution in [0.25, 0.3) is 0 Å². The normalized spacial score (nSPS) is 21.7. The molecule has 0 bridgehead atoms. The Balaban J connectivity index is 2.64. The molecule has 1 aliphatic rings. The van der Waals surface area contributed by atoms with Gasteiger partial charge in [0.25, 0.3) is 0 Å². The molecule has 76 valence electrons. The predicted molar refractivity (Wildman–Crippen MR) is 49.9 cm³/mol. The van der Waals surface area contributed by atoms with E-state index in [0.29, 0.717) is 5.56 Å². The van der Waals surface area contributed by atoms with Gasteiger partial charge < -0.3 is 5.21 Å². The summed E-state index contributed by atoms with van der Waals surface area (Å²) in [5.41, 5.74) is 0.360. The van der Waals surface area contributed by atoms with Crippen LogP contribution >= 0.6 is 0 Å². The van der Waals surface area contributed by atoms with Gasteiger partial charge in [0, 0.05) is 16.1 Å². The quantitative estimate of drug-likeness (QED) is 0.416. The zero-order valence-electron chi connectivity index (χ0n) is 7.45. The van der Waals surface area contributed by atoms with Crippen LogP contribution in [0.4, 0.5) is 0 Å². The third kappa shape index (κ3) is 1.18. The second-order valence-corrected chi connectivity index (χ2v) is 3.08. The van der Waals surface area contributed by atoms with Crippen LogP contribution < -0.4 is 0 Å². The number of hydrogen-bond acceptors (Lipinski definition) is 5. The van der Waals surface area contributed by atoms with Gasteiger partial charge in [-0.1, -0.05) is 29.4 Å². The molecule has 0 fully saturated rings. The van der Waals surface area contributed by atoms with Crippen LogP contribution in [0.3, 0.4) is 0 Å². The summed E-state index contributed by atoms with van der Waals surface area (Å²) in [4.78, 5) is 21.5. The minimum absolute atomic E-state index is 0.194. The number of nitro groups is 1. The Morgan fingerprint density at radius 1 is 1.33 bits per heavy atom. The van der Waals surface area contributed by atoms with Gasteiger partial charge in [0.05, 0.1) is 0 Å². The highest BCUT2D eigenvalue weighted by Gasteiger charge is 2.45. The van der Waals surface area contributed by atoms with E-state index in [-0.39, 0.29) is 11.3 Å². The first kappa shape index (κ1) is 9.32. The second kappa shape index (κ2) is 3.16. The van der Waals surface area contributed by atoms with Crippen molar-refractivity contribution in [1.82, 2.24) is 0 Å². The standard InChI is InChI=1S/C9H6N2O4/c12-9-6-4-2-1-3-5(6)7(10-13)8(9)11(14)15/h1-4,8,13H/b10-7+/t8-/m1/s1. The third-order valence-corrected chi connectivity index (χ3v) is 2.29. The fourth-order valence-electron chi connectivity index (χ4n) is 1.64. The summed E-state index contributed by atoms with van der Waals surface area (Å²) in [7, 11) is 0. The summed E-state index contributed by atoms with van der Waals surface area (Å²) in [5, 5.41) is 22.2. The smallest absolute Gasteiger partial charge is 0.320 e. The molecule has 2 rings (SSSR count). The molecular formula is C9H6N2O4. The molecular weight excluding hydrogens is 200 g/mol. The van der Waals surface area contributed by atoms with Crippen molar-refractivity contribution in [3.63, 3.8) is 0 Å². The van der Waals surface area contributed by atoms with Crippen LogP contribution in [-0.2, 0) is 0 Å². The molecule has 0 radical (unpaired) electrons. The summed E-state index contributed by atoms with van der Waals surface area (Å²) >= 11 is 0. The molecule has 15 heavy (non-hydrogen) atoms.